The molecule has 0 saturated carbocycles. The van der Waals surface area contributed by atoms with Crippen LogP contribution in [0.5, 0.6) is 5.75 Å². The van der Waals surface area contributed by atoms with Crippen molar-refractivity contribution < 1.29 is 9.53 Å². The van der Waals surface area contributed by atoms with Gasteiger partial charge in [0.2, 0.25) is 0 Å². The molecular formula is C19H20Cl2N2O2. The van der Waals surface area contributed by atoms with Crippen molar-refractivity contribution in [3.63, 3.8) is 0 Å². The van der Waals surface area contributed by atoms with Crippen molar-refractivity contribution in [1.82, 2.24) is 5.43 Å². The summed E-state index contributed by atoms with van der Waals surface area (Å²) in [6.07, 6.45) is 1.49. The minimum atomic E-state index is -0.347. The number of nitrogens with zero attached hydrogens (tertiary/aromatic N) is 1. The molecule has 0 aliphatic heterocycles. The summed E-state index contributed by atoms with van der Waals surface area (Å²) < 4.78 is 5.64. The molecule has 0 aliphatic rings. The van der Waals surface area contributed by atoms with Crippen LogP contribution >= 0.6 is 23.2 Å². The second-order valence-corrected chi connectivity index (χ2v) is 7.32. The van der Waals surface area contributed by atoms with Crippen LogP contribution in [0, 0.1) is 0 Å². The summed E-state index contributed by atoms with van der Waals surface area (Å²) in [4.78, 5) is 11.9. The van der Waals surface area contributed by atoms with Gasteiger partial charge < -0.3 is 4.74 Å². The van der Waals surface area contributed by atoms with Gasteiger partial charge in [0.25, 0.3) is 5.91 Å². The lowest BCUT2D eigenvalue weighted by molar-refractivity contribution is -0.123. The number of carbonyl (C=O) groups excluding carboxylic acids is 1. The zero-order chi connectivity index (χ0) is 18.4. The molecule has 6 heteroatoms. The Morgan fingerprint density at radius 3 is 2.56 bits per heavy atom. The summed E-state index contributed by atoms with van der Waals surface area (Å²) in [6, 6.07) is 12.8. The monoisotopic (exact) mass is 378 g/mol. The Bertz CT molecular complexity index is 783. The molecule has 0 fully saturated rings. The smallest absolute Gasteiger partial charge is 0.277 e. The van der Waals surface area contributed by atoms with Crippen molar-refractivity contribution in [2.45, 2.75) is 26.2 Å². The first-order chi connectivity index (χ1) is 11.8. The zero-order valence-corrected chi connectivity index (χ0v) is 15.9. The summed E-state index contributed by atoms with van der Waals surface area (Å²) in [5, 5.41) is 4.79. The van der Waals surface area contributed by atoms with Gasteiger partial charge in [-0.25, -0.2) is 5.43 Å². The summed E-state index contributed by atoms with van der Waals surface area (Å²) >= 11 is 11.8. The van der Waals surface area contributed by atoms with E-state index in [2.05, 4.69) is 31.3 Å². The van der Waals surface area contributed by atoms with Crippen LogP contribution in [0.25, 0.3) is 0 Å². The number of benzene rings is 2. The summed E-state index contributed by atoms with van der Waals surface area (Å²) in [5.41, 5.74) is 4.13. The van der Waals surface area contributed by atoms with E-state index in [1.54, 1.807) is 18.2 Å². The molecule has 2 rings (SSSR count). The number of hydrogen-bond acceptors (Lipinski definition) is 3. The summed E-state index contributed by atoms with van der Waals surface area (Å²) in [6.45, 7) is 6.16. The molecule has 2 aromatic rings. The number of nitrogens with one attached hydrogen (secondary N) is 1. The Morgan fingerprint density at radius 1 is 1.16 bits per heavy atom. The van der Waals surface area contributed by atoms with Gasteiger partial charge in [0.1, 0.15) is 5.75 Å². The number of para-hydroxylation sites is 1. The maximum Gasteiger partial charge on any atom is 0.277 e. The molecule has 1 N–H and O–H groups in total. The van der Waals surface area contributed by atoms with Crippen molar-refractivity contribution in [3.05, 3.63) is 63.6 Å². The maximum atomic E-state index is 11.9. The topological polar surface area (TPSA) is 50.7 Å². The quantitative estimate of drug-likeness (QED) is 0.598. The molecule has 0 heterocycles. The molecule has 132 valence electrons. The molecule has 0 saturated heterocycles. The Hall–Kier alpha value is -2.04. The Labute approximate surface area is 157 Å². The molecule has 25 heavy (non-hydrogen) atoms. The maximum absolute atomic E-state index is 11.9. The van der Waals surface area contributed by atoms with Gasteiger partial charge in [-0.3, -0.25) is 4.79 Å². The highest BCUT2D eigenvalue weighted by molar-refractivity contribution is 6.42. The summed E-state index contributed by atoms with van der Waals surface area (Å²) in [5.74, 6) is 0.346. The molecule has 0 radical (unpaired) electrons. The first-order valence-electron chi connectivity index (χ1n) is 7.76. The molecule has 0 atom stereocenters. The molecule has 0 unspecified atom stereocenters. The largest absolute Gasteiger partial charge is 0.483 e. The molecular weight excluding hydrogens is 359 g/mol. The van der Waals surface area contributed by atoms with E-state index in [0.717, 1.165) is 11.1 Å². The van der Waals surface area contributed by atoms with Crippen LogP contribution in [0.4, 0.5) is 0 Å². The lowest BCUT2D eigenvalue weighted by atomic mass is 9.86. The third-order valence-electron chi connectivity index (χ3n) is 3.40. The highest BCUT2D eigenvalue weighted by Crippen LogP contribution is 2.30. The number of amides is 1. The summed E-state index contributed by atoms with van der Waals surface area (Å²) in [7, 11) is 0. The van der Waals surface area contributed by atoms with Crippen LogP contribution in [-0.4, -0.2) is 18.7 Å². The predicted molar refractivity (Wildman–Crippen MR) is 103 cm³/mol. The van der Waals surface area contributed by atoms with Crippen molar-refractivity contribution in [2.75, 3.05) is 6.61 Å². The lowest BCUT2D eigenvalue weighted by Gasteiger charge is -2.22. The Morgan fingerprint density at radius 2 is 1.88 bits per heavy atom. The van der Waals surface area contributed by atoms with Gasteiger partial charge >= 0.3 is 0 Å². The SMILES string of the molecule is CC(C)(C)c1ccccc1OCC(=O)N/N=C/c1ccc(Cl)c(Cl)c1. The molecule has 2 aromatic carbocycles. The van der Waals surface area contributed by atoms with Crippen molar-refractivity contribution in [2.24, 2.45) is 5.10 Å². The standard InChI is InChI=1S/C19H20Cl2N2O2/c1-19(2,3)14-6-4-5-7-17(14)25-12-18(24)23-22-11-13-8-9-15(20)16(21)10-13/h4-11H,12H2,1-3H3,(H,23,24)/b22-11+. The van der Waals surface area contributed by atoms with E-state index in [9.17, 15) is 4.79 Å². The molecule has 0 spiro atoms. The Kier molecular flexibility index (Phi) is 6.45. The van der Waals surface area contributed by atoms with Crippen LogP contribution in [0.1, 0.15) is 31.9 Å². The number of rotatable bonds is 5. The molecule has 4 nitrogen and oxygen atoms in total. The fourth-order valence-electron chi connectivity index (χ4n) is 2.16. The normalized spacial score (nSPS) is 11.6. The number of ether oxygens (including phenoxy) is 1. The highest BCUT2D eigenvalue weighted by atomic mass is 35.5. The number of hydrazone groups is 1. The molecule has 0 aromatic heterocycles. The van der Waals surface area contributed by atoms with Crippen molar-refractivity contribution in [3.8, 4) is 5.75 Å². The second-order valence-electron chi connectivity index (χ2n) is 6.50. The fourth-order valence-corrected chi connectivity index (χ4v) is 2.47. The van der Waals surface area contributed by atoms with E-state index in [1.807, 2.05) is 24.3 Å². The number of halogens is 2. The van der Waals surface area contributed by atoms with Crippen LogP contribution < -0.4 is 10.2 Å². The van der Waals surface area contributed by atoms with E-state index < -0.39 is 0 Å². The van der Waals surface area contributed by atoms with Crippen LogP contribution in [0.3, 0.4) is 0 Å². The van der Waals surface area contributed by atoms with Gasteiger partial charge in [-0.15, -0.1) is 0 Å². The van der Waals surface area contributed by atoms with Gasteiger partial charge in [-0.2, -0.15) is 5.10 Å². The van der Waals surface area contributed by atoms with Crippen molar-refractivity contribution >= 4 is 35.3 Å². The van der Waals surface area contributed by atoms with Gasteiger partial charge in [-0.05, 0) is 34.7 Å². The number of hydrogen-bond donors (Lipinski definition) is 1. The minimum Gasteiger partial charge on any atom is -0.483 e. The third-order valence-corrected chi connectivity index (χ3v) is 4.14. The fraction of sp³-hybridized carbons (Fsp3) is 0.263. The zero-order valence-electron chi connectivity index (χ0n) is 14.3. The third kappa shape index (κ3) is 5.76. The van der Waals surface area contributed by atoms with Gasteiger partial charge in [0.15, 0.2) is 6.61 Å². The Balaban J connectivity index is 1.91. The van der Waals surface area contributed by atoms with Crippen LogP contribution in [0.15, 0.2) is 47.6 Å². The predicted octanol–water partition coefficient (Wildman–Crippen LogP) is 4.82. The van der Waals surface area contributed by atoms with E-state index in [-0.39, 0.29) is 17.9 Å². The highest BCUT2D eigenvalue weighted by Gasteiger charge is 2.18. The molecule has 0 bridgehead atoms. The van der Waals surface area contributed by atoms with Crippen molar-refractivity contribution in [1.29, 1.82) is 0 Å². The average Bonchev–Trinajstić information content (AvgIpc) is 2.55. The van der Waals surface area contributed by atoms with E-state index in [0.29, 0.717) is 15.8 Å². The first-order valence-corrected chi connectivity index (χ1v) is 8.52. The van der Waals surface area contributed by atoms with Gasteiger partial charge in [-0.1, -0.05) is 68.2 Å². The molecule has 1 amide bonds. The van der Waals surface area contributed by atoms with Gasteiger partial charge in [0, 0.05) is 0 Å². The van der Waals surface area contributed by atoms with Crippen LogP contribution in [0.2, 0.25) is 10.0 Å². The lowest BCUT2D eigenvalue weighted by Crippen LogP contribution is -2.25. The first kappa shape index (κ1) is 19.3. The number of carbonyl (C=O) groups is 1. The van der Waals surface area contributed by atoms with E-state index in [4.69, 9.17) is 27.9 Å². The minimum absolute atomic E-state index is 0.0704. The van der Waals surface area contributed by atoms with E-state index in [1.165, 1.54) is 6.21 Å². The second kappa shape index (κ2) is 8.37. The van der Waals surface area contributed by atoms with E-state index >= 15 is 0 Å². The average molecular weight is 379 g/mol. The van der Waals surface area contributed by atoms with Crippen LogP contribution in [-0.2, 0) is 10.2 Å². The van der Waals surface area contributed by atoms with Gasteiger partial charge in [0.05, 0.1) is 16.3 Å². The molecule has 0 aliphatic carbocycles.